The van der Waals surface area contributed by atoms with E-state index in [4.69, 9.17) is 10.4 Å². The number of nitriles is 1. The van der Waals surface area contributed by atoms with Crippen LogP contribution in [0.1, 0.15) is 16.7 Å². The van der Waals surface area contributed by atoms with Gasteiger partial charge in [-0.15, -0.1) is 0 Å². The van der Waals surface area contributed by atoms with Gasteiger partial charge in [0.05, 0.1) is 11.3 Å². The third-order valence-electron chi connectivity index (χ3n) is 2.76. The summed E-state index contributed by atoms with van der Waals surface area (Å²) in [4.78, 5) is 4.33. The topological polar surface area (TPSA) is 56.4 Å². The lowest BCUT2D eigenvalue weighted by molar-refractivity contribution is 0.299. The summed E-state index contributed by atoms with van der Waals surface area (Å²) >= 11 is 0. The van der Waals surface area contributed by atoms with Gasteiger partial charge < -0.3 is 5.11 Å². The number of aliphatic hydroxyl groups is 1. The predicted molar refractivity (Wildman–Crippen MR) is 75.6 cm³/mol. The van der Waals surface area contributed by atoms with Crippen molar-refractivity contribution in [1.82, 2.24) is 0 Å². The summed E-state index contributed by atoms with van der Waals surface area (Å²) in [7, 11) is 0. The number of rotatable bonds is 4. The van der Waals surface area contributed by atoms with Crippen molar-refractivity contribution in [3.05, 3.63) is 65.2 Å². The molecule has 0 atom stereocenters. The maximum Gasteiger partial charge on any atom is 0.101 e. The fourth-order valence-electron chi connectivity index (χ4n) is 1.72. The molecular weight excluding hydrogens is 236 g/mol. The molecule has 0 aliphatic carbocycles. The van der Waals surface area contributed by atoms with E-state index < -0.39 is 0 Å². The molecule has 0 aromatic heterocycles. The molecule has 0 saturated heterocycles. The minimum atomic E-state index is 0.156. The second-order valence-corrected chi connectivity index (χ2v) is 4.10. The molecule has 0 heterocycles. The predicted octanol–water partition coefficient (Wildman–Crippen LogP) is 2.84. The first-order chi connectivity index (χ1) is 9.33. The molecule has 0 saturated carbocycles. The molecule has 2 aromatic rings. The number of hydrogen-bond acceptors (Lipinski definition) is 3. The van der Waals surface area contributed by atoms with Crippen LogP contribution in [-0.4, -0.2) is 17.9 Å². The van der Waals surface area contributed by atoms with E-state index in [1.165, 1.54) is 0 Å². The zero-order valence-corrected chi connectivity index (χ0v) is 10.5. The number of para-hydroxylation sites is 1. The SMILES string of the molecule is N#Cc1ccccc1N=Cc1ccc(CCO)cc1. The molecule has 0 aliphatic rings. The first-order valence-corrected chi connectivity index (χ1v) is 6.06. The smallest absolute Gasteiger partial charge is 0.101 e. The molecule has 0 aliphatic heterocycles. The lowest BCUT2D eigenvalue weighted by Crippen LogP contribution is -1.90. The van der Waals surface area contributed by atoms with Crippen molar-refractivity contribution in [1.29, 1.82) is 5.26 Å². The Hall–Kier alpha value is -2.44. The average molecular weight is 250 g/mol. The second-order valence-electron chi connectivity index (χ2n) is 4.10. The quantitative estimate of drug-likeness (QED) is 0.848. The van der Waals surface area contributed by atoms with Gasteiger partial charge in [0.25, 0.3) is 0 Å². The van der Waals surface area contributed by atoms with Crippen molar-refractivity contribution >= 4 is 11.9 Å². The summed E-state index contributed by atoms with van der Waals surface area (Å²) in [5, 5.41) is 17.8. The molecule has 1 N–H and O–H groups in total. The normalized spacial score (nSPS) is 10.5. The molecule has 2 rings (SSSR count). The van der Waals surface area contributed by atoms with Crippen LogP contribution in [0.4, 0.5) is 5.69 Å². The molecule has 3 nitrogen and oxygen atoms in total. The molecule has 0 radical (unpaired) electrons. The van der Waals surface area contributed by atoms with Gasteiger partial charge in [0.1, 0.15) is 6.07 Å². The van der Waals surface area contributed by atoms with Gasteiger partial charge in [-0.05, 0) is 29.7 Å². The first kappa shape index (κ1) is 13.0. The molecular formula is C16H14N2O. The van der Waals surface area contributed by atoms with Crippen molar-refractivity contribution in [2.75, 3.05) is 6.61 Å². The summed E-state index contributed by atoms with van der Waals surface area (Å²) in [6.07, 6.45) is 2.40. The van der Waals surface area contributed by atoms with E-state index in [2.05, 4.69) is 11.1 Å². The maximum absolute atomic E-state index is 8.96. The molecule has 0 unspecified atom stereocenters. The van der Waals surface area contributed by atoms with Gasteiger partial charge in [0, 0.05) is 12.8 Å². The third kappa shape index (κ3) is 3.51. The molecule has 0 fully saturated rings. The van der Waals surface area contributed by atoms with Gasteiger partial charge in [-0.2, -0.15) is 5.26 Å². The Morgan fingerprint density at radius 3 is 2.53 bits per heavy atom. The van der Waals surface area contributed by atoms with Crippen molar-refractivity contribution < 1.29 is 5.11 Å². The lowest BCUT2D eigenvalue weighted by Gasteiger charge is -1.99. The Kier molecular flexibility index (Phi) is 4.44. The molecule has 2 aromatic carbocycles. The minimum Gasteiger partial charge on any atom is -0.396 e. The van der Waals surface area contributed by atoms with Crippen molar-refractivity contribution in [3.63, 3.8) is 0 Å². The highest BCUT2D eigenvalue weighted by molar-refractivity contribution is 5.82. The molecule has 94 valence electrons. The van der Waals surface area contributed by atoms with Crippen LogP contribution >= 0.6 is 0 Å². The molecule has 0 amide bonds. The zero-order valence-electron chi connectivity index (χ0n) is 10.5. The number of hydrogen-bond donors (Lipinski definition) is 1. The highest BCUT2D eigenvalue weighted by Gasteiger charge is 1.97. The van der Waals surface area contributed by atoms with Crippen LogP contribution in [0, 0.1) is 11.3 Å². The van der Waals surface area contributed by atoms with E-state index >= 15 is 0 Å². The van der Waals surface area contributed by atoms with Gasteiger partial charge in [0.15, 0.2) is 0 Å². The third-order valence-corrected chi connectivity index (χ3v) is 2.76. The Bertz CT molecular complexity index is 609. The summed E-state index contributed by atoms with van der Waals surface area (Å²) in [6, 6.07) is 17.2. The largest absolute Gasteiger partial charge is 0.396 e. The highest BCUT2D eigenvalue weighted by atomic mass is 16.2. The van der Waals surface area contributed by atoms with E-state index in [0.29, 0.717) is 17.7 Å². The van der Waals surface area contributed by atoms with E-state index in [1.54, 1.807) is 12.3 Å². The van der Waals surface area contributed by atoms with Crippen molar-refractivity contribution in [2.45, 2.75) is 6.42 Å². The van der Waals surface area contributed by atoms with Crippen LogP contribution < -0.4 is 0 Å². The Morgan fingerprint density at radius 1 is 1.11 bits per heavy atom. The number of aliphatic imine (C=N–C) groups is 1. The first-order valence-electron chi connectivity index (χ1n) is 6.06. The summed E-state index contributed by atoms with van der Waals surface area (Å²) in [5.41, 5.74) is 3.30. The minimum absolute atomic E-state index is 0.156. The second kappa shape index (κ2) is 6.48. The van der Waals surface area contributed by atoms with Crippen LogP contribution in [0.2, 0.25) is 0 Å². The number of nitrogens with zero attached hydrogens (tertiary/aromatic N) is 2. The average Bonchev–Trinajstić information content (AvgIpc) is 2.47. The standard InChI is InChI=1S/C16H14N2O/c17-11-15-3-1-2-4-16(15)18-12-14-7-5-13(6-8-14)9-10-19/h1-8,12,19H,9-10H2. The van der Waals surface area contributed by atoms with E-state index in [9.17, 15) is 0 Å². The number of aliphatic hydroxyl groups excluding tert-OH is 1. The maximum atomic E-state index is 8.96. The summed E-state index contributed by atoms with van der Waals surface area (Å²) in [5.74, 6) is 0. The molecule has 3 heteroatoms. The van der Waals surface area contributed by atoms with Crippen LogP contribution in [0.15, 0.2) is 53.5 Å². The zero-order chi connectivity index (χ0) is 13.5. The van der Waals surface area contributed by atoms with Crippen LogP contribution in [-0.2, 0) is 6.42 Å². The van der Waals surface area contributed by atoms with Gasteiger partial charge in [0.2, 0.25) is 0 Å². The number of benzene rings is 2. The van der Waals surface area contributed by atoms with Gasteiger partial charge in [-0.25, -0.2) is 0 Å². The highest BCUT2D eigenvalue weighted by Crippen LogP contribution is 2.17. The van der Waals surface area contributed by atoms with Gasteiger partial charge in [-0.3, -0.25) is 4.99 Å². The van der Waals surface area contributed by atoms with E-state index in [0.717, 1.165) is 11.1 Å². The van der Waals surface area contributed by atoms with Gasteiger partial charge in [-0.1, -0.05) is 36.4 Å². The Labute approximate surface area is 112 Å². The fraction of sp³-hybridized carbons (Fsp3) is 0.125. The van der Waals surface area contributed by atoms with Crippen LogP contribution in [0.3, 0.4) is 0 Å². The molecule has 19 heavy (non-hydrogen) atoms. The van der Waals surface area contributed by atoms with Crippen LogP contribution in [0.25, 0.3) is 0 Å². The summed E-state index contributed by atoms with van der Waals surface area (Å²) in [6.45, 7) is 0.156. The van der Waals surface area contributed by atoms with E-state index in [-0.39, 0.29) is 6.61 Å². The fourth-order valence-corrected chi connectivity index (χ4v) is 1.72. The Morgan fingerprint density at radius 2 is 1.84 bits per heavy atom. The van der Waals surface area contributed by atoms with E-state index in [1.807, 2.05) is 42.5 Å². The van der Waals surface area contributed by atoms with Gasteiger partial charge >= 0.3 is 0 Å². The molecule has 0 bridgehead atoms. The monoisotopic (exact) mass is 250 g/mol. The Balaban J connectivity index is 2.16. The molecule has 0 spiro atoms. The van der Waals surface area contributed by atoms with Crippen molar-refractivity contribution in [2.24, 2.45) is 4.99 Å². The summed E-state index contributed by atoms with van der Waals surface area (Å²) < 4.78 is 0. The van der Waals surface area contributed by atoms with Crippen LogP contribution in [0.5, 0.6) is 0 Å². The van der Waals surface area contributed by atoms with Crippen molar-refractivity contribution in [3.8, 4) is 6.07 Å². The lowest BCUT2D eigenvalue weighted by atomic mass is 10.1.